The van der Waals surface area contributed by atoms with Crippen LogP contribution in [-0.2, 0) is 15.3 Å². The van der Waals surface area contributed by atoms with E-state index in [0.717, 1.165) is 5.56 Å². The molecule has 0 radical (unpaired) electrons. The van der Waals surface area contributed by atoms with E-state index in [9.17, 15) is 4.57 Å². The van der Waals surface area contributed by atoms with E-state index in [4.69, 9.17) is 14.0 Å². The Balaban J connectivity index is 2.83. The summed E-state index contributed by atoms with van der Waals surface area (Å²) < 4.78 is 26.8. The molecule has 1 atom stereocenters. The maximum atomic E-state index is 11.5. The molecule has 1 rings (SSSR count). The second-order valence-corrected chi connectivity index (χ2v) is 4.33. The molecule has 0 amide bonds. The smallest absolute Gasteiger partial charge is 0.497 e. The molecule has 1 aromatic rings. The van der Waals surface area contributed by atoms with E-state index in [1.54, 1.807) is 20.3 Å². The second kappa shape index (κ2) is 6.46. The van der Waals surface area contributed by atoms with Gasteiger partial charge < -0.3 is 9.47 Å². The van der Waals surface area contributed by atoms with Crippen LogP contribution in [-0.4, -0.2) is 20.8 Å². The molecule has 0 saturated heterocycles. The first-order valence-electron chi connectivity index (χ1n) is 4.99. The van der Waals surface area contributed by atoms with Gasteiger partial charge in [0.25, 0.3) is 0 Å². The third kappa shape index (κ3) is 3.47. The first-order chi connectivity index (χ1) is 7.71. The highest BCUT2D eigenvalue weighted by molar-refractivity contribution is 7.38. The zero-order valence-corrected chi connectivity index (χ0v) is 10.6. The van der Waals surface area contributed by atoms with E-state index in [0.29, 0.717) is 24.3 Å². The van der Waals surface area contributed by atoms with Crippen LogP contribution >= 0.6 is 8.03 Å². The van der Waals surface area contributed by atoms with E-state index in [-0.39, 0.29) is 0 Å². The molecule has 88 valence electrons. The highest BCUT2D eigenvalue weighted by Gasteiger charge is 2.20. The van der Waals surface area contributed by atoms with E-state index in [1.165, 1.54) is 0 Å². The molecule has 0 aliphatic heterocycles. The molecule has 0 fully saturated rings. The maximum Gasteiger partial charge on any atom is 0.513 e. The molecule has 0 aliphatic rings. The number of ether oxygens (including phenoxy) is 2. The van der Waals surface area contributed by atoms with Gasteiger partial charge in [-0.25, -0.2) is 0 Å². The Labute approximate surface area is 96.4 Å². The van der Waals surface area contributed by atoms with Crippen molar-refractivity contribution >= 4 is 8.03 Å². The molecule has 0 spiro atoms. The fourth-order valence-corrected chi connectivity index (χ4v) is 2.23. The van der Waals surface area contributed by atoms with Crippen LogP contribution in [0.3, 0.4) is 0 Å². The van der Waals surface area contributed by atoms with Gasteiger partial charge in [0.1, 0.15) is 11.5 Å². The van der Waals surface area contributed by atoms with E-state index in [1.807, 2.05) is 19.1 Å². The Hall–Kier alpha value is -1.12. The van der Waals surface area contributed by atoms with Crippen LogP contribution in [0.4, 0.5) is 0 Å². The first kappa shape index (κ1) is 12.9. The van der Waals surface area contributed by atoms with Crippen LogP contribution in [0.2, 0.25) is 0 Å². The van der Waals surface area contributed by atoms with Gasteiger partial charge in [-0.15, -0.1) is 4.52 Å². The number of benzene rings is 1. The molecule has 0 aliphatic carbocycles. The van der Waals surface area contributed by atoms with Gasteiger partial charge in [-0.3, -0.25) is 0 Å². The van der Waals surface area contributed by atoms with Crippen LogP contribution in [0.15, 0.2) is 18.2 Å². The first-order valence-corrected chi connectivity index (χ1v) is 6.36. The summed E-state index contributed by atoms with van der Waals surface area (Å²) in [5, 5.41) is 0. The number of hydrogen-bond donors (Lipinski definition) is 0. The van der Waals surface area contributed by atoms with Gasteiger partial charge >= 0.3 is 8.03 Å². The number of hydrogen-bond acceptors (Lipinski definition) is 4. The topological polar surface area (TPSA) is 44.8 Å². The van der Waals surface area contributed by atoms with Gasteiger partial charge in [0.15, 0.2) is 0 Å². The molecule has 0 bridgehead atoms. The molecule has 1 aromatic carbocycles. The molecule has 4 nitrogen and oxygen atoms in total. The van der Waals surface area contributed by atoms with E-state index in [2.05, 4.69) is 0 Å². The zero-order chi connectivity index (χ0) is 12.0. The maximum absolute atomic E-state index is 11.5. The minimum Gasteiger partial charge on any atom is -0.497 e. The molecule has 0 heterocycles. The molecule has 0 saturated carbocycles. The molecular weight excluding hydrogens is 227 g/mol. The lowest BCUT2D eigenvalue weighted by atomic mass is 10.2. The summed E-state index contributed by atoms with van der Waals surface area (Å²) in [7, 11) is 1.50. The molecule has 5 heteroatoms. The zero-order valence-electron chi connectivity index (χ0n) is 9.73. The second-order valence-electron chi connectivity index (χ2n) is 3.09. The van der Waals surface area contributed by atoms with Crippen LogP contribution in [0.25, 0.3) is 0 Å². The summed E-state index contributed by atoms with van der Waals surface area (Å²) in [5.74, 6) is 1.38. The molecule has 16 heavy (non-hydrogen) atoms. The fourth-order valence-electron chi connectivity index (χ4n) is 1.31. The van der Waals surface area contributed by atoms with Crippen molar-refractivity contribution in [2.45, 2.75) is 13.1 Å². The third-order valence-electron chi connectivity index (χ3n) is 2.07. The van der Waals surface area contributed by atoms with Crippen LogP contribution in [0, 0.1) is 0 Å². The molecule has 0 aromatic heterocycles. The Bertz CT molecular complexity index is 365. The number of methoxy groups -OCH3 is 2. The van der Waals surface area contributed by atoms with Crippen LogP contribution in [0.1, 0.15) is 12.5 Å². The molecular formula is C11H16O4P+. The Morgan fingerprint density at radius 3 is 2.56 bits per heavy atom. The van der Waals surface area contributed by atoms with Crippen molar-refractivity contribution in [2.24, 2.45) is 0 Å². The van der Waals surface area contributed by atoms with Crippen molar-refractivity contribution in [3.05, 3.63) is 23.8 Å². The van der Waals surface area contributed by atoms with Gasteiger partial charge in [-0.2, -0.15) is 0 Å². The SMILES string of the molecule is CCO[P+](=O)Cc1ccc(OC)cc1OC. The minimum absolute atomic E-state index is 0.357. The van der Waals surface area contributed by atoms with Gasteiger partial charge in [0.05, 0.1) is 20.8 Å². The van der Waals surface area contributed by atoms with Gasteiger partial charge in [-0.1, -0.05) is 0 Å². The summed E-state index contributed by atoms with van der Waals surface area (Å²) in [6.45, 7) is 2.27. The minimum atomic E-state index is -1.66. The lowest BCUT2D eigenvalue weighted by molar-refractivity contribution is 0.348. The summed E-state index contributed by atoms with van der Waals surface area (Å²) in [5.41, 5.74) is 0.859. The predicted molar refractivity (Wildman–Crippen MR) is 62.5 cm³/mol. The Morgan fingerprint density at radius 1 is 1.25 bits per heavy atom. The average molecular weight is 243 g/mol. The van der Waals surface area contributed by atoms with Gasteiger partial charge in [0, 0.05) is 11.6 Å². The van der Waals surface area contributed by atoms with Crippen molar-refractivity contribution in [1.82, 2.24) is 0 Å². The summed E-state index contributed by atoms with van der Waals surface area (Å²) in [6, 6.07) is 5.42. The van der Waals surface area contributed by atoms with Crippen LogP contribution < -0.4 is 9.47 Å². The van der Waals surface area contributed by atoms with Crippen molar-refractivity contribution in [3.63, 3.8) is 0 Å². The highest BCUT2D eigenvalue weighted by atomic mass is 31.1. The highest BCUT2D eigenvalue weighted by Crippen LogP contribution is 2.34. The lowest BCUT2D eigenvalue weighted by Gasteiger charge is -2.06. The average Bonchev–Trinajstić information content (AvgIpc) is 2.30. The summed E-state index contributed by atoms with van der Waals surface area (Å²) >= 11 is 0. The fraction of sp³-hybridized carbons (Fsp3) is 0.455. The van der Waals surface area contributed by atoms with Crippen molar-refractivity contribution in [2.75, 3.05) is 20.8 Å². The largest absolute Gasteiger partial charge is 0.513 e. The van der Waals surface area contributed by atoms with E-state index >= 15 is 0 Å². The normalized spacial score (nSPS) is 11.1. The summed E-state index contributed by atoms with van der Waals surface area (Å²) in [6.07, 6.45) is 0.357. The Kier molecular flexibility index (Phi) is 5.23. The van der Waals surface area contributed by atoms with Crippen LogP contribution in [0.5, 0.6) is 11.5 Å². The molecule has 1 unspecified atom stereocenters. The van der Waals surface area contributed by atoms with E-state index < -0.39 is 8.03 Å². The molecule has 0 N–H and O–H groups in total. The number of rotatable bonds is 6. The van der Waals surface area contributed by atoms with Crippen molar-refractivity contribution in [1.29, 1.82) is 0 Å². The van der Waals surface area contributed by atoms with Gasteiger partial charge in [-0.05, 0) is 23.6 Å². The third-order valence-corrected chi connectivity index (χ3v) is 3.21. The van der Waals surface area contributed by atoms with Crippen molar-refractivity contribution in [3.8, 4) is 11.5 Å². The Morgan fingerprint density at radius 2 is 2.00 bits per heavy atom. The summed E-state index contributed by atoms with van der Waals surface area (Å²) in [4.78, 5) is 0. The quantitative estimate of drug-likeness (QED) is 0.720. The predicted octanol–water partition coefficient (Wildman–Crippen LogP) is 2.98. The van der Waals surface area contributed by atoms with Gasteiger partial charge in [0.2, 0.25) is 6.16 Å². The monoisotopic (exact) mass is 243 g/mol. The standard InChI is InChI=1S/C11H16O4P/c1-4-15-16(12)8-9-5-6-10(13-2)7-11(9)14-3/h5-7H,4,8H2,1-3H3/q+1. The van der Waals surface area contributed by atoms with Crippen molar-refractivity contribution < 1.29 is 18.6 Å². The lowest BCUT2D eigenvalue weighted by Crippen LogP contribution is -1.93.